The van der Waals surface area contributed by atoms with Crippen molar-refractivity contribution in [1.29, 1.82) is 0 Å². The molecule has 0 spiro atoms. The van der Waals surface area contributed by atoms with Crippen molar-refractivity contribution in [2.75, 3.05) is 0 Å². The second-order valence-corrected chi connectivity index (χ2v) is 9.77. The van der Waals surface area contributed by atoms with Gasteiger partial charge in [0.2, 0.25) is 0 Å². The standard InChI is InChI=1S/C8H7NS6/c10-5-6(11)15-8(14-5)7-12-3-1-9-2-4(3)13-7/h1-2,7-11H. The number of H-pyrrole nitrogens is 1. The number of fused-ring (bicyclic) bond motifs is 1. The van der Waals surface area contributed by atoms with E-state index in [1.807, 2.05) is 47.0 Å². The van der Waals surface area contributed by atoms with Crippen LogP contribution >= 0.6 is 72.3 Å². The molecule has 80 valence electrons. The molecule has 0 fully saturated rings. The molecule has 0 saturated carbocycles. The highest BCUT2D eigenvalue weighted by atomic mass is 32.2. The minimum atomic E-state index is 0.535. The van der Waals surface area contributed by atoms with Gasteiger partial charge < -0.3 is 4.98 Å². The summed E-state index contributed by atoms with van der Waals surface area (Å²) in [6.45, 7) is 0. The molecule has 0 bridgehead atoms. The van der Waals surface area contributed by atoms with Crippen LogP contribution in [0.15, 0.2) is 30.7 Å². The van der Waals surface area contributed by atoms with Crippen LogP contribution < -0.4 is 0 Å². The molecule has 0 saturated heterocycles. The molecule has 1 aromatic rings. The van der Waals surface area contributed by atoms with Crippen LogP contribution in [0.4, 0.5) is 0 Å². The van der Waals surface area contributed by atoms with E-state index in [-0.39, 0.29) is 0 Å². The van der Waals surface area contributed by atoms with Crippen molar-refractivity contribution in [2.45, 2.75) is 19.0 Å². The average molecular weight is 310 g/mol. The van der Waals surface area contributed by atoms with E-state index in [2.05, 4.69) is 42.6 Å². The van der Waals surface area contributed by atoms with Crippen molar-refractivity contribution < 1.29 is 0 Å². The van der Waals surface area contributed by atoms with Gasteiger partial charge in [-0.2, -0.15) is 0 Å². The van der Waals surface area contributed by atoms with E-state index in [1.54, 1.807) is 0 Å². The first-order valence-corrected chi connectivity index (χ1v) is 8.61. The fourth-order valence-electron chi connectivity index (χ4n) is 1.36. The molecule has 0 atom stereocenters. The topological polar surface area (TPSA) is 15.8 Å². The lowest BCUT2D eigenvalue weighted by molar-refractivity contribution is 1.35. The number of aromatic nitrogens is 1. The molecule has 1 N–H and O–H groups in total. The summed E-state index contributed by atoms with van der Waals surface area (Å²) in [5.74, 6) is 0. The minimum absolute atomic E-state index is 0.535. The summed E-state index contributed by atoms with van der Waals surface area (Å²) < 4.78 is 3.24. The second kappa shape index (κ2) is 4.42. The normalized spacial score (nSPS) is 22.8. The fourth-order valence-corrected chi connectivity index (χ4v) is 8.49. The zero-order valence-corrected chi connectivity index (χ0v) is 12.4. The lowest BCUT2D eigenvalue weighted by atomic mass is 10.7. The molecule has 7 heteroatoms. The highest BCUT2D eigenvalue weighted by Crippen LogP contribution is 2.59. The molecule has 15 heavy (non-hydrogen) atoms. The molecular formula is C8H7NS6. The van der Waals surface area contributed by atoms with E-state index in [0.29, 0.717) is 9.16 Å². The number of thiol groups is 2. The van der Waals surface area contributed by atoms with Crippen molar-refractivity contribution in [2.24, 2.45) is 0 Å². The van der Waals surface area contributed by atoms with E-state index in [0.717, 1.165) is 8.47 Å². The summed E-state index contributed by atoms with van der Waals surface area (Å²) in [6.07, 6.45) is 4.15. The van der Waals surface area contributed by atoms with Gasteiger partial charge in [0, 0.05) is 22.2 Å². The fraction of sp³-hybridized carbons (Fsp3) is 0.250. The van der Waals surface area contributed by atoms with E-state index in [9.17, 15) is 0 Å². The lowest BCUT2D eigenvalue weighted by Gasteiger charge is -2.14. The monoisotopic (exact) mass is 309 g/mol. The van der Waals surface area contributed by atoms with Crippen molar-refractivity contribution in [3.63, 3.8) is 0 Å². The van der Waals surface area contributed by atoms with Gasteiger partial charge in [-0.1, -0.05) is 0 Å². The van der Waals surface area contributed by atoms with Gasteiger partial charge in [-0.15, -0.1) is 72.3 Å². The highest BCUT2D eigenvalue weighted by Gasteiger charge is 2.35. The Kier molecular flexibility index (Phi) is 3.31. The predicted molar refractivity (Wildman–Crippen MR) is 80.3 cm³/mol. The van der Waals surface area contributed by atoms with Crippen LogP contribution in [0.1, 0.15) is 0 Å². The first kappa shape index (κ1) is 11.2. The Hall–Kier alpha value is 1.12. The number of thioether (sulfide) groups is 4. The summed E-state index contributed by atoms with van der Waals surface area (Å²) in [6, 6.07) is 0. The molecule has 0 aromatic carbocycles. The van der Waals surface area contributed by atoms with E-state index in [4.69, 9.17) is 0 Å². The quantitative estimate of drug-likeness (QED) is 0.669. The molecule has 1 nitrogen and oxygen atoms in total. The van der Waals surface area contributed by atoms with Gasteiger partial charge in [0.25, 0.3) is 0 Å². The van der Waals surface area contributed by atoms with E-state index >= 15 is 0 Å². The molecule has 3 rings (SSSR count). The van der Waals surface area contributed by atoms with Gasteiger partial charge in [-0.3, -0.25) is 0 Å². The highest BCUT2D eigenvalue weighted by molar-refractivity contribution is 8.35. The van der Waals surface area contributed by atoms with Crippen LogP contribution in [0.25, 0.3) is 0 Å². The number of rotatable bonds is 1. The third-order valence-electron chi connectivity index (χ3n) is 2.02. The molecule has 1 aromatic heterocycles. The average Bonchev–Trinajstić information content (AvgIpc) is 2.80. The maximum absolute atomic E-state index is 4.41. The Morgan fingerprint density at radius 1 is 0.867 bits per heavy atom. The van der Waals surface area contributed by atoms with Gasteiger partial charge in [-0.05, 0) is 0 Å². The summed E-state index contributed by atoms with van der Waals surface area (Å²) in [4.78, 5) is 5.88. The molecular weight excluding hydrogens is 302 g/mol. The molecule has 2 aliphatic rings. The first-order chi connectivity index (χ1) is 7.24. The molecule has 3 heterocycles. The van der Waals surface area contributed by atoms with Gasteiger partial charge >= 0.3 is 0 Å². The molecule has 0 radical (unpaired) electrons. The van der Waals surface area contributed by atoms with Crippen molar-refractivity contribution in [1.82, 2.24) is 4.98 Å². The lowest BCUT2D eigenvalue weighted by Crippen LogP contribution is -2.06. The maximum Gasteiger partial charge on any atom is 0.0824 e. The van der Waals surface area contributed by atoms with Crippen LogP contribution in [-0.2, 0) is 0 Å². The second-order valence-electron chi connectivity index (χ2n) is 3.00. The Morgan fingerprint density at radius 3 is 1.87 bits per heavy atom. The minimum Gasteiger partial charge on any atom is -0.366 e. The van der Waals surface area contributed by atoms with Crippen LogP contribution in [0.5, 0.6) is 0 Å². The van der Waals surface area contributed by atoms with Crippen LogP contribution in [0, 0.1) is 0 Å². The zero-order valence-electron chi connectivity index (χ0n) is 7.34. The predicted octanol–water partition coefficient (Wildman–Crippen LogP) is 4.33. The third-order valence-corrected chi connectivity index (χ3v) is 9.74. The summed E-state index contributed by atoms with van der Waals surface area (Å²) in [5.41, 5.74) is 0. The Bertz CT molecular complexity index is 390. The van der Waals surface area contributed by atoms with Crippen LogP contribution in [0.2, 0.25) is 0 Å². The molecule has 0 amide bonds. The van der Waals surface area contributed by atoms with Gasteiger partial charge in [0.15, 0.2) is 0 Å². The van der Waals surface area contributed by atoms with Gasteiger partial charge in [0.1, 0.15) is 0 Å². The Balaban J connectivity index is 1.71. The molecule has 0 aliphatic carbocycles. The Morgan fingerprint density at radius 2 is 1.33 bits per heavy atom. The maximum atomic E-state index is 4.41. The number of nitrogens with one attached hydrogen (secondary N) is 1. The molecule has 2 aliphatic heterocycles. The summed E-state index contributed by atoms with van der Waals surface area (Å²) in [7, 11) is 0. The first-order valence-electron chi connectivity index (χ1n) is 4.19. The number of hydrogen-bond acceptors (Lipinski definition) is 6. The largest absolute Gasteiger partial charge is 0.366 e. The SMILES string of the molecule is SC1=C(S)SC(C2Sc3c[nH]cc3S2)S1. The van der Waals surface area contributed by atoms with Crippen LogP contribution in [-0.4, -0.2) is 14.1 Å². The summed E-state index contributed by atoms with van der Waals surface area (Å²) in [5, 5.41) is 0. The smallest absolute Gasteiger partial charge is 0.0824 e. The summed E-state index contributed by atoms with van der Waals surface area (Å²) >= 11 is 16.3. The zero-order chi connectivity index (χ0) is 10.4. The van der Waals surface area contributed by atoms with Crippen LogP contribution in [0.3, 0.4) is 0 Å². The number of aromatic amines is 1. The van der Waals surface area contributed by atoms with Gasteiger partial charge in [0.05, 0.1) is 17.6 Å². The van der Waals surface area contributed by atoms with E-state index in [1.165, 1.54) is 9.79 Å². The van der Waals surface area contributed by atoms with Gasteiger partial charge in [-0.25, -0.2) is 0 Å². The van der Waals surface area contributed by atoms with E-state index < -0.39 is 0 Å². The number of hydrogen-bond donors (Lipinski definition) is 3. The molecule has 0 unspecified atom stereocenters. The van der Waals surface area contributed by atoms with Crippen molar-refractivity contribution >= 4 is 72.3 Å². The van der Waals surface area contributed by atoms with Crippen molar-refractivity contribution in [3.05, 3.63) is 20.9 Å². The Labute approximate surface area is 116 Å². The third kappa shape index (κ3) is 2.11. The van der Waals surface area contributed by atoms with Crippen molar-refractivity contribution in [3.8, 4) is 0 Å².